The molecular formula is C6H9O2-. The van der Waals surface area contributed by atoms with E-state index >= 15 is 0 Å². The first kappa shape index (κ1) is 10.0. The summed E-state index contributed by atoms with van der Waals surface area (Å²) >= 11 is 0. The van der Waals surface area contributed by atoms with Gasteiger partial charge in [0.25, 0.3) is 0 Å². The zero-order chi connectivity index (χ0) is 6.99. The summed E-state index contributed by atoms with van der Waals surface area (Å²) in [6.45, 7) is 9.18. The van der Waals surface area contributed by atoms with Crippen LogP contribution in [0, 0.1) is 0 Å². The fraction of sp³-hybridized carbons (Fsp3) is 0.167. The van der Waals surface area contributed by atoms with Crippen molar-refractivity contribution in [1.29, 1.82) is 0 Å². The predicted molar refractivity (Wildman–Crippen MR) is 31.1 cm³/mol. The second kappa shape index (κ2) is 9.34. The molecule has 0 saturated heterocycles. The van der Waals surface area contributed by atoms with Crippen LogP contribution in [0.2, 0.25) is 0 Å². The normalized spacial score (nSPS) is 6.00. The third-order valence-corrected chi connectivity index (χ3v) is 0.311. The van der Waals surface area contributed by atoms with Crippen molar-refractivity contribution in [2.24, 2.45) is 0 Å². The highest BCUT2D eigenvalue weighted by molar-refractivity contribution is 5.65. The van der Waals surface area contributed by atoms with E-state index in [2.05, 4.69) is 19.7 Å². The van der Waals surface area contributed by atoms with Gasteiger partial charge in [-0.2, -0.15) is 0 Å². The van der Waals surface area contributed by atoms with Crippen LogP contribution < -0.4 is 5.11 Å². The highest BCUT2D eigenvalue weighted by Gasteiger charge is 1.69. The quantitative estimate of drug-likeness (QED) is 0.477. The molecule has 0 unspecified atom stereocenters. The van der Waals surface area contributed by atoms with Gasteiger partial charge in [0.05, 0.1) is 0 Å². The highest BCUT2D eigenvalue weighted by Crippen LogP contribution is 1.70. The van der Waals surface area contributed by atoms with Crippen LogP contribution in [-0.4, -0.2) is 5.97 Å². The zero-order valence-corrected chi connectivity index (χ0v) is 4.72. The monoisotopic (exact) mass is 113 g/mol. The smallest absolute Gasteiger partial charge is 0.0451 e. The van der Waals surface area contributed by atoms with Crippen LogP contribution in [0.3, 0.4) is 0 Å². The molecule has 0 amide bonds. The van der Waals surface area contributed by atoms with Crippen LogP contribution in [0.5, 0.6) is 0 Å². The standard InChI is InChI=1S/C4H6O2.C2H4/c1-2-3-4(5)6;1-2/h2H,1,3H2,(H,5,6);1-2H2/p-1. The molecule has 0 rings (SSSR count). The third-order valence-electron chi connectivity index (χ3n) is 0.311. The van der Waals surface area contributed by atoms with Crippen molar-refractivity contribution >= 4 is 5.97 Å². The Hall–Kier alpha value is -1.05. The first-order valence-electron chi connectivity index (χ1n) is 2.08. The summed E-state index contributed by atoms with van der Waals surface area (Å²) in [7, 11) is 0. The molecule has 2 heteroatoms. The molecule has 0 N–H and O–H groups in total. The molecule has 0 spiro atoms. The molecule has 0 fully saturated rings. The van der Waals surface area contributed by atoms with Crippen LogP contribution in [-0.2, 0) is 4.79 Å². The molecule has 2 nitrogen and oxygen atoms in total. The summed E-state index contributed by atoms with van der Waals surface area (Å²) in [6.07, 6.45) is 1.23. The van der Waals surface area contributed by atoms with Crippen LogP contribution in [0.4, 0.5) is 0 Å². The topological polar surface area (TPSA) is 40.1 Å². The van der Waals surface area contributed by atoms with Gasteiger partial charge in [-0.15, -0.1) is 19.7 Å². The van der Waals surface area contributed by atoms with Gasteiger partial charge in [-0.3, -0.25) is 0 Å². The average molecular weight is 113 g/mol. The Labute approximate surface area is 49.1 Å². The fourth-order valence-electron chi connectivity index (χ4n) is 0.118. The van der Waals surface area contributed by atoms with Gasteiger partial charge < -0.3 is 9.90 Å². The molecule has 0 aliphatic carbocycles. The minimum Gasteiger partial charge on any atom is -0.550 e. The Kier molecular flexibility index (Phi) is 11.7. The van der Waals surface area contributed by atoms with E-state index in [1.165, 1.54) is 6.08 Å². The SMILES string of the molecule is C=C.C=CCC(=O)[O-]. The molecule has 0 aromatic carbocycles. The van der Waals surface area contributed by atoms with E-state index in [1.54, 1.807) is 0 Å². The van der Waals surface area contributed by atoms with E-state index in [4.69, 9.17) is 0 Å². The largest absolute Gasteiger partial charge is 0.550 e. The number of aliphatic carboxylic acids is 1. The Morgan fingerprint density at radius 1 is 1.62 bits per heavy atom. The van der Waals surface area contributed by atoms with Crippen molar-refractivity contribution in [3.63, 3.8) is 0 Å². The molecule has 0 radical (unpaired) electrons. The number of carbonyl (C=O) groups is 1. The van der Waals surface area contributed by atoms with E-state index in [0.29, 0.717) is 0 Å². The maximum Gasteiger partial charge on any atom is 0.0451 e. The minimum absolute atomic E-state index is 0.0556. The number of carboxylic acid groups (broad SMARTS) is 1. The molecule has 0 aromatic rings. The van der Waals surface area contributed by atoms with Crippen molar-refractivity contribution < 1.29 is 9.90 Å². The van der Waals surface area contributed by atoms with Gasteiger partial charge in [0, 0.05) is 12.4 Å². The first-order chi connectivity index (χ1) is 3.77. The fourth-order valence-corrected chi connectivity index (χ4v) is 0.118. The minimum atomic E-state index is -1.08. The number of carbonyl (C=O) groups excluding carboxylic acids is 1. The Balaban J connectivity index is 0. The second-order valence-electron chi connectivity index (χ2n) is 0.865. The van der Waals surface area contributed by atoms with Crippen molar-refractivity contribution in [3.05, 3.63) is 25.8 Å². The summed E-state index contributed by atoms with van der Waals surface area (Å²) in [5.41, 5.74) is 0. The van der Waals surface area contributed by atoms with Gasteiger partial charge in [-0.1, -0.05) is 6.08 Å². The summed E-state index contributed by atoms with van der Waals surface area (Å²) in [4.78, 5) is 9.42. The molecule has 8 heavy (non-hydrogen) atoms. The van der Waals surface area contributed by atoms with Crippen molar-refractivity contribution in [3.8, 4) is 0 Å². The van der Waals surface area contributed by atoms with Gasteiger partial charge in [0.2, 0.25) is 0 Å². The number of hydrogen-bond acceptors (Lipinski definition) is 2. The van der Waals surface area contributed by atoms with Gasteiger partial charge in [0.15, 0.2) is 0 Å². The third kappa shape index (κ3) is 20.3. The zero-order valence-electron chi connectivity index (χ0n) is 4.72. The lowest BCUT2D eigenvalue weighted by Gasteiger charge is -1.89. The molecule has 0 aliphatic heterocycles. The van der Waals surface area contributed by atoms with Gasteiger partial charge >= 0.3 is 0 Å². The lowest BCUT2D eigenvalue weighted by atomic mass is 10.4. The van der Waals surface area contributed by atoms with Gasteiger partial charge in [-0.25, -0.2) is 0 Å². The Morgan fingerprint density at radius 3 is 2.00 bits per heavy atom. The van der Waals surface area contributed by atoms with Crippen LogP contribution in [0.25, 0.3) is 0 Å². The molecule has 0 saturated carbocycles. The van der Waals surface area contributed by atoms with E-state index in [0.717, 1.165) is 0 Å². The Morgan fingerprint density at radius 2 is 2.00 bits per heavy atom. The number of hydrogen-bond donors (Lipinski definition) is 0. The lowest BCUT2D eigenvalue weighted by Crippen LogP contribution is -2.20. The van der Waals surface area contributed by atoms with Crippen LogP contribution in [0.1, 0.15) is 6.42 Å². The molecule has 0 aromatic heterocycles. The molecular weight excluding hydrogens is 104 g/mol. The van der Waals surface area contributed by atoms with Gasteiger partial charge in [0.1, 0.15) is 0 Å². The van der Waals surface area contributed by atoms with Crippen molar-refractivity contribution in [2.75, 3.05) is 0 Å². The second-order valence-corrected chi connectivity index (χ2v) is 0.865. The summed E-state index contributed by atoms with van der Waals surface area (Å²) in [6, 6.07) is 0. The van der Waals surface area contributed by atoms with Crippen molar-refractivity contribution in [2.45, 2.75) is 6.42 Å². The maximum atomic E-state index is 9.42. The maximum absolute atomic E-state index is 9.42. The molecule has 0 heterocycles. The molecule has 46 valence electrons. The van der Waals surface area contributed by atoms with Gasteiger partial charge in [-0.05, 0) is 0 Å². The molecule has 0 atom stereocenters. The average Bonchev–Trinajstić information content (AvgIpc) is 1.72. The summed E-state index contributed by atoms with van der Waals surface area (Å²) in [5, 5.41) is 9.42. The molecule has 0 aliphatic rings. The predicted octanol–water partition coefficient (Wildman–Crippen LogP) is 0.115. The highest BCUT2D eigenvalue weighted by atomic mass is 16.4. The Bertz CT molecular complexity index is 76.6. The van der Waals surface area contributed by atoms with E-state index in [9.17, 15) is 9.90 Å². The van der Waals surface area contributed by atoms with Crippen molar-refractivity contribution in [1.82, 2.24) is 0 Å². The first-order valence-corrected chi connectivity index (χ1v) is 2.08. The molecule has 0 bridgehead atoms. The number of carboxylic acids is 1. The van der Waals surface area contributed by atoms with E-state index in [-0.39, 0.29) is 6.42 Å². The van der Waals surface area contributed by atoms with E-state index < -0.39 is 5.97 Å². The summed E-state index contributed by atoms with van der Waals surface area (Å²) < 4.78 is 0. The van der Waals surface area contributed by atoms with E-state index in [1.807, 2.05) is 0 Å². The lowest BCUT2D eigenvalue weighted by molar-refractivity contribution is -0.304. The number of rotatable bonds is 2. The summed E-state index contributed by atoms with van der Waals surface area (Å²) in [5.74, 6) is -1.08. The van der Waals surface area contributed by atoms with Crippen LogP contribution >= 0.6 is 0 Å². The van der Waals surface area contributed by atoms with Crippen LogP contribution in [0.15, 0.2) is 25.8 Å².